The van der Waals surface area contributed by atoms with Crippen molar-refractivity contribution in [2.75, 3.05) is 6.54 Å². The van der Waals surface area contributed by atoms with Crippen LogP contribution in [-0.4, -0.2) is 38.9 Å². The highest BCUT2D eigenvalue weighted by atomic mass is 16.2. The maximum atomic E-state index is 12.5. The lowest BCUT2D eigenvalue weighted by Gasteiger charge is -2.15. The minimum Gasteiger partial charge on any atom is -0.354 e. The van der Waals surface area contributed by atoms with Gasteiger partial charge in [0.2, 0.25) is 5.91 Å². The molecule has 3 N–H and O–H groups in total. The maximum Gasteiger partial charge on any atom is 0.329 e. The predicted octanol–water partition coefficient (Wildman–Crippen LogP) is -0.107. The van der Waals surface area contributed by atoms with E-state index in [0.717, 1.165) is 12.8 Å². The van der Waals surface area contributed by atoms with Gasteiger partial charge >= 0.3 is 5.69 Å². The predicted molar refractivity (Wildman–Crippen MR) is 95.0 cm³/mol. The zero-order chi connectivity index (χ0) is 18.7. The summed E-state index contributed by atoms with van der Waals surface area (Å²) in [5.74, 6) is -0.687. The van der Waals surface area contributed by atoms with Gasteiger partial charge in [0.05, 0.1) is 10.9 Å². The van der Waals surface area contributed by atoms with Crippen molar-refractivity contribution in [1.29, 1.82) is 0 Å². The molecule has 2 aromatic rings. The van der Waals surface area contributed by atoms with Crippen LogP contribution in [-0.2, 0) is 11.3 Å². The van der Waals surface area contributed by atoms with E-state index in [4.69, 9.17) is 0 Å². The molecule has 0 saturated carbocycles. The second-order valence-electron chi connectivity index (χ2n) is 6.32. The Labute approximate surface area is 148 Å². The average Bonchev–Trinajstić information content (AvgIpc) is 2.82. The van der Waals surface area contributed by atoms with Gasteiger partial charge in [-0.3, -0.25) is 23.9 Å². The smallest absolute Gasteiger partial charge is 0.329 e. The molecule has 1 unspecified atom stereocenters. The number of aryl methyl sites for hydroxylation is 1. The molecule has 9 nitrogen and oxygen atoms in total. The summed E-state index contributed by atoms with van der Waals surface area (Å²) in [5.41, 5.74) is -0.706. The number of pyridine rings is 1. The molecule has 9 heteroatoms. The van der Waals surface area contributed by atoms with E-state index in [2.05, 4.69) is 20.6 Å². The Morgan fingerprint density at radius 2 is 2.15 bits per heavy atom. The van der Waals surface area contributed by atoms with Crippen LogP contribution in [0.15, 0.2) is 21.9 Å². The molecule has 138 valence electrons. The Morgan fingerprint density at radius 3 is 2.92 bits per heavy atom. The fourth-order valence-electron chi connectivity index (χ4n) is 3.04. The summed E-state index contributed by atoms with van der Waals surface area (Å²) < 4.78 is 1.37. The number of carbonyl (C=O) groups excluding carboxylic acids is 2. The standard InChI is InChI=1S/C17H21N5O4/c1-2-7-22-13-11(15(24)21-17(22)26)8-10(9-19-13)14(23)20-12-5-3-4-6-18-16(12)25/h8-9,12H,2-7H2,1H3,(H,18,25)(H,20,23)(H,21,24,26). The first kappa shape index (κ1) is 17.8. The number of amides is 2. The molecule has 0 aromatic carbocycles. The number of nitrogens with zero attached hydrogens (tertiary/aromatic N) is 2. The zero-order valence-electron chi connectivity index (χ0n) is 14.5. The molecular formula is C17H21N5O4. The number of hydrogen-bond donors (Lipinski definition) is 3. The topological polar surface area (TPSA) is 126 Å². The number of nitrogens with one attached hydrogen (secondary N) is 3. The summed E-state index contributed by atoms with van der Waals surface area (Å²) in [7, 11) is 0. The highest BCUT2D eigenvalue weighted by Crippen LogP contribution is 2.10. The van der Waals surface area contributed by atoms with Crippen molar-refractivity contribution >= 4 is 22.8 Å². The number of H-pyrrole nitrogens is 1. The lowest BCUT2D eigenvalue weighted by atomic mass is 10.1. The first-order valence-corrected chi connectivity index (χ1v) is 8.72. The lowest BCUT2D eigenvalue weighted by molar-refractivity contribution is -0.122. The van der Waals surface area contributed by atoms with Crippen LogP contribution in [0.25, 0.3) is 11.0 Å². The summed E-state index contributed by atoms with van der Waals surface area (Å²) in [4.78, 5) is 54.9. The molecule has 3 heterocycles. The van der Waals surface area contributed by atoms with Gasteiger partial charge in [-0.15, -0.1) is 0 Å². The minimum atomic E-state index is -0.604. The summed E-state index contributed by atoms with van der Waals surface area (Å²) in [6.07, 6.45) is 4.29. The molecular weight excluding hydrogens is 338 g/mol. The van der Waals surface area contributed by atoms with Gasteiger partial charge < -0.3 is 10.6 Å². The van der Waals surface area contributed by atoms with Crippen molar-refractivity contribution in [2.45, 2.75) is 45.2 Å². The monoisotopic (exact) mass is 359 g/mol. The van der Waals surface area contributed by atoms with Gasteiger partial charge in [0.1, 0.15) is 11.7 Å². The van der Waals surface area contributed by atoms with E-state index in [9.17, 15) is 19.2 Å². The summed E-state index contributed by atoms with van der Waals surface area (Å²) in [6.45, 7) is 2.92. The Balaban J connectivity index is 1.93. The van der Waals surface area contributed by atoms with Crippen LogP contribution in [0.3, 0.4) is 0 Å². The number of hydrogen-bond acceptors (Lipinski definition) is 5. The van der Waals surface area contributed by atoms with Gasteiger partial charge in [-0.2, -0.15) is 0 Å². The zero-order valence-corrected chi connectivity index (χ0v) is 14.5. The Hall–Kier alpha value is -2.97. The Morgan fingerprint density at radius 1 is 1.35 bits per heavy atom. The highest BCUT2D eigenvalue weighted by molar-refractivity contribution is 5.99. The maximum absolute atomic E-state index is 12.5. The fourth-order valence-corrected chi connectivity index (χ4v) is 3.04. The molecule has 2 aromatic heterocycles. The third-order valence-corrected chi connectivity index (χ3v) is 4.38. The van der Waals surface area contributed by atoms with E-state index in [0.29, 0.717) is 25.9 Å². The largest absolute Gasteiger partial charge is 0.354 e. The summed E-state index contributed by atoms with van der Waals surface area (Å²) in [6, 6.07) is 0.796. The summed E-state index contributed by atoms with van der Waals surface area (Å²) >= 11 is 0. The second kappa shape index (κ2) is 7.51. The van der Waals surface area contributed by atoms with E-state index < -0.39 is 23.2 Å². The number of fused-ring (bicyclic) bond motifs is 1. The molecule has 1 fully saturated rings. The van der Waals surface area contributed by atoms with Gasteiger partial charge in [-0.05, 0) is 31.7 Å². The molecule has 1 aliphatic rings. The van der Waals surface area contributed by atoms with Gasteiger partial charge in [0.25, 0.3) is 11.5 Å². The van der Waals surface area contributed by atoms with E-state index in [1.165, 1.54) is 16.8 Å². The molecule has 1 atom stereocenters. The first-order chi connectivity index (χ1) is 12.5. The van der Waals surface area contributed by atoms with E-state index in [1.807, 2.05) is 6.92 Å². The molecule has 26 heavy (non-hydrogen) atoms. The molecule has 3 rings (SSSR count). The van der Waals surface area contributed by atoms with Crippen LogP contribution in [0.5, 0.6) is 0 Å². The SMILES string of the molecule is CCCn1c(=O)[nH]c(=O)c2cc(C(=O)NC3CCCCNC3=O)cnc21. The van der Waals surface area contributed by atoms with Crippen molar-refractivity contribution in [3.63, 3.8) is 0 Å². The normalized spacial score (nSPS) is 17.6. The molecule has 0 spiro atoms. The number of rotatable bonds is 4. The minimum absolute atomic E-state index is 0.163. The molecule has 1 saturated heterocycles. The fraction of sp³-hybridized carbons (Fsp3) is 0.471. The van der Waals surface area contributed by atoms with Gasteiger partial charge in [-0.25, -0.2) is 9.78 Å². The Bertz CT molecular complexity index is 962. The third kappa shape index (κ3) is 3.51. The quantitative estimate of drug-likeness (QED) is 0.702. The Kier molecular flexibility index (Phi) is 5.15. The average molecular weight is 359 g/mol. The van der Waals surface area contributed by atoms with Crippen molar-refractivity contribution in [3.8, 4) is 0 Å². The number of aromatic nitrogens is 3. The van der Waals surface area contributed by atoms with Crippen LogP contribution >= 0.6 is 0 Å². The van der Waals surface area contributed by atoms with Crippen LogP contribution in [0.1, 0.15) is 43.0 Å². The number of carbonyl (C=O) groups is 2. The first-order valence-electron chi connectivity index (χ1n) is 8.72. The third-order valence-electron chi connectivity index (χ3n) is 4.38. The molecule has 0 radical (unpaired) electrons. The summed E-state index contributed by atoms with van der Waals surface area (Å²) in [5, 5.41) is 5.61. The van der Waals surface area contributed by atoms with E-state index >= 15 is 0 Å². The van der Waals surface area contributed by atoms with Crippen molar-refractivity contribution in [3.05, 3.63) is 38.7 Å². The van der Waals surface area contributed by atoms with Crippen LogP contribution < -0.4 is 21.9 Å². The van der Waals surface area contributed by atoms with E-state index in [1.54, 1.807) is 0 Å². The van der Waals surface area contributed by atoms with Crippen LogP contribution in [0.4, 0.5) is 0 Å². The van der Waals surface area contributed by atoms with Crippen LogP contribution in [0.2, 0.25) is 0 Å². The van der Waals surface area contributed by atoms with Crippen molar-refractivity contribution in [1.82, 2.24) is 25.2 Å². The molecule has 2 amide bonds. The van der Waals surface area contributed by atoms with Gasteiger partial charge in [0, 0.05) is 19.3 Å². The second-order valence-corrected chi connectivity index (χ2v) is 6.32. The van der Waals surface area contributed by atoms with E-state index in [-0.39, 0.29) is 22.5 Å². The molecule has 0 aliphatic carbocycles. The van der Waals surface area contributed by atoms with Crippen LogP contribution in [0, 0.1) is 0 Å². The van der Waals surface area contributed by atoms with Crippen molar-refractivity contribution < 1.29 is 9.59 Å². The van der Waals surface area contributed by atoms with Gasteiger partial charge in [0.15, 0.2) is 0 Å². The van der Waals surface area contributed by atoms with Crippen molar-refractivity contribution in [2.24, 2.45) is 0 Å². The van der Waals surface area contributed by atoms with Gasteiger partial charge in [-0.1, -0.05) is 6.92 Å². The molecule has 0 bridgehead atoms. The number of aromatic amines is 1. The lowest BCUT2D eigenvalue weighted by Crippen LogP contribution is -2.45. The highest BCUT2D eigenvalue weighted by Gasteiger charge is 2.23. The molecule has 1 aliphatic heterocycles.